The van der Waals surface area contributed by atoms with Crippen LogP contribution in [0.4, 0.5) is 0 Å². The van der Waals surface area contributed by atoms with Crippen LogP contribution in [-0.2, 0) is 11.3 Å². The Morgan fingerprint density at radius 2 is 1.88 bits per heavy atom. The predicted octanol–water partition coefficient (Wildman–Crippen LogP) is 2.41. The standard InChI is InChI=1S/C25H24N6O3/c1-15-5-8-21-20(9-15)30-14-31(21)19-4-2-3-17(10-19)25(33)29-12-18-7-6-16(24(27)28)11-22(18)34-13-23(26)32/h2-11,14H,12-13H2,1H3,(H2,26,32)(H3,27,28)(H,29,33). The molecule has 2 amide bonds. The van der Waals surface area contributed by atoms with Gasteiger partial charge in [0.1, 0.15) is 17.9 Å². The number of amides is 2. The number of carbonyl (C=O) groups is 2. The highest BCUT2D eigenvalue weighted by Crippen LogP contribution is 2.22. The Morgan fingerprint density at radius 1 is 1.06 bits per heavy atom. The minimum absolute atomic E-state index is 0.140. The van der Waals surface area contributed by atoms with Gasteiger partial charge in [-0.2, -0.15) is 0 Å². The largest absolute Gasteiger partial charge is 0.483 e. The number of nitrogen functional groups attached to an aromatic ring is 1. The summed E-state index contributed by atoms with van der Waals surface area (Å²) < 4.78 is 7.39. The summed E-state index contributed by atoms with van der Waals surface area (Å²) in [5.41, 5.74) is 16.0. The number of carbonyl (C=O) groups excluding carboxylic acids is 2. The molecule has 0 unspecified atom stereocenters. The lowest BCUT2D eigenvalue weighted by atomic mass is 10.1. The number of aromatic nitrogens is 2. The molecule has 4 rings (SSSR count). The number of imidazole rings is 1. The monoisotopic (exact) mass is 456 g/mol. The Bertz CT molecular complexity index is 1410. The third-order valence-electron chi connectivity index (χ3n) is 5.28. The van der Waals surface area contributed by atoms with E-state index in [1.165, 1.54) is 0 Å². The van der Waals surface area contributed by atoms with Gasteiger partial charge in [0.15, 0.2) is 6.61 Å². The van der Waals surface area contributed by atoms with E-state index in [9.17, 15) is 9.59 Å². The highest BCUT2D eigenvalue weighted by molar-refractivity contribution is 5.96. The lowest BCUT2D eigenvalue weighted by Gasteiger charge is -2.13. The van der Waals surface area contributed by atoms with Crippen molar-refractivity contribution in [2.24, 2.45) is 11.5 Å². The first kappa shape index (κ1) is 22.5. The third-order valence-corrected chi connectivity index (χ3v) is 5.28. The molecule has 1 aromatic heterocycles. The lowest BCUT2D eigenvalue weighted by molar-refractivity contribution is -0.119. The number of hydrogen-bond donors (Lipinski definition) is 4. The number of hydrogen-bond acceptors (Lipinski definition) is 5. The fourth-order valence-corrected chi connectivity index (χ4v) is 3.55. The Kier molecular flexibility index (Phi) is 6.26. The number of nitrogens with two attached hydrogens (primary N) is 2. The average Bonchev–Trinajstić information content (AvgIpc) is 3.24. The normalized spacial score (nSPS) is 10.7. The topological polar surface area (TPSA) is 149 Å². The summed E-state index contributed by atoms with van der Waals surface area (Å²) in [4.78, 5) is 28.5. The Labute approximate surface area is 195 Å². The van der Waals surface area contributed by atoms with Crippen LogP contribution < -0.4 is 21.5 Å². The van der Waals surface area contributed by atoms with E-state index in [-0.39, 0.29) is 24.9 Å². The van der Waals surface area contributed by atoms with Crippen molar-refractivity contribution in [2.45, 2.75) is 13.5 Å². The van der Waals surface area contributed by atoms with Gasteiger partial charge in [-0.25, -0.2) is 4.98 Å². The summed E-state index contributed by atoms with van der Waals surface area (Å²) in [7, 11) is 0. The molecule has 4 aromatic rings. The van der Waals surface area contributed by atoms with Crippen molar-refractivity contribution in [3.8, 4) is 11.4 Å². The molecule has 9 heteroatoms. The van der Waals surface area contributed by atoms with Crippen molar-refractivity contribution in [3.63, 3.8) is 0 Å². The third kappa shape index (κ3) is 4.88. The number of amidine groups is 1. The molecule has 0 spiro atoms. The van der Waals surface area contributed by atoms with Crippen LogP contribution in [0.15, 0.2) is 67.0 Å². The van der Waals surface area contributed by atoms with E-state index < -0.39 is 5.91 Å². The molecule has 9 nitrogen and oxygen atoms in total. The molecule has 1 heterocycles. The van der Waals surface area contributed by atoms with Gasteiger partial charge in [0.05, 0.1) is 11.0 Å². The smallest absolute Gasteiger partial charge is 0.255 e. The summed E-state index contributed by atoms with van der Waals surface area (Å²) in [6, 6.07) is 18.1. The summed E-state index contributed by atoms with van der Waals surface area (Å²) in [5, 5.41) is 10.5. The van der Waals surface area contributed by atoms with Crippen molar-refractivity contribution < 1.29 is 14.3 Å². The number of benzene rings is 3. The van der Waals surface area contributed by atoms with E-state index in [4.69, 9.17) is 21.6 Å². The quantitative estimate of drug-likeness (QED) is 0.237. The lowest BCUT2D eigenvalue weighted by Crippen LogP contribution is -2.24. The Hall–Kier alpha value is -4.66. The molecule has 6 N–H and O–H groups in total. The van der Waals surface area contributed by atoms with Crippen LogP contribution >= 0.6 is 0 Å². The molecule has 172 valence electrons. The van der Waals surface area contributed by atoms with E-state index in [0.717, 1.165) is 22.3 Å². The summed E-state index contributed by atoms with van der Waals surface area (Å²) in [5.74, 6) is -0.736. The van der Waals surface area contributed by atoms with Crippen LogP contribution in [0.25, 0.3) is 16.7 Å². The van der Waals surface area contributed by atoms with Gasteiger partial charge in [0, 0.05) is 28.9 Å². The van der Waals surface area contributed by atoms with E-state index in [2.05, 4.69) is 10.3 Å². The molecule has 0 saturated heterocycles. The Morgan fingerprint density at radius 3 is 2.65 bits per heavy atom. The summed E-state index contributed by atoms with van der Waals surface area (Å²) in [6.45, 7) is 1.83. The zero-order valence-electron chi connectivity index (χ0n) is 18.5. The van der Waals surface area contributed by atoms with Gasteiger partial charge in [-0.3, -0.25) is 19.6 Å². The second-order valence-electron chi connectivity index (χ2n) is 7.83. The van der Waals surface area contributed by atoms with Crippen molar-refractivity contribution in [3.05, 3.63) is 89.2 Å². The maximum Gasteiger partial charge on any atom is 0.255 e. The van der Waals surface area contributed by atoms with Crippen LogP contribution in [0.3, 0.4) is 0 Å². The van der Waals surface area contributed by atoms with Gasteiger partial charge in [0.2, 0.25) is 0 Å². The number of rotatable bonds is 8. The second-order valence-corrected chi connectivity index (χ2v) is 7.83. The number of fused-ring (bicyclic) bond motifs is 1. The molecule has 0 atom stereocenters. The molecular formula is C25H24N6O3. The number of nitrogens with one attached hydrogen (secondary N) is 2. The van der Waals surface area contributed by atoms with Gasteiger partial charge in [-0.05, 0) is 48.9 Å². The maximum atomic E-state index is 12.9. The van der Waals surface area contributed by atoms with E-state index in [0.29, 0.717) is 22.4 Å². The van der Waals surface area contributed by atoms with Crippen molar-refractivity contribution in [1.29, 1.82) is 5.41 Å². The first-order chi connectivity index (χ1) is 16.3. The minimum Gasteiger partial charge on any atom is -0.483 e. The molecule has 3 aromatic carbocycles. The first-order valence-electron chi connectivity index (χ1n) is 10.5. The van der Waals surface area contributed by atoms with Crippen LogP contribution in [0.1, 0.15) is 27.0 Å². The highest BCUT2D eigenvalue weighted by atomic mass is 16.5. The van der Waals surface area contributed by atoms with E-state index >= 15 is 0 Å². The number of aryl methyl sites for hydroxylation is 1. The molecular weight excluding hydrogens is 432 g/mol. The van der Waals surface area contributed by atoms with Crippen molar-refractivity contribution >= 4 is 28.7 Å². The zero-order chi connectivity index (χ0) is 24.2. The average molecular weight is 457 g/mol. The van der Waals surface area contributed by atoms with Gasteiger partial charge in [-0.15, -0.1) is 0 Å². The number of nitrogens with zero attached hydrogens (tertiary/aromatic N) is 2. The molecule has 0 radical (unpaired) electrons. The van der Waals surface area contributed by atoms with Crippen LogP contribution in [0.5, 0.6) is 5.75 Å². The SMILES string of the molecule is Cc1ccc2c(c1)ncn2-c1cccc(C(=O)NCc2ccc(C(=N)N)cc2OCC(N)=O)c1. The van der Waals surface area contributed by atoms with Gasteiger partial charge in [0.25, 0.3) is 11.8 Å². The van der Waals surface area contributed by atoms with Crippen LogP contribution in [0.2, 0.25) is 0 Å². The van der Waals surface area contributed by atoms with Crippen molar-refractivity contribution in [1.82, 2.24) is 14.9 Å². The fourth-order valence-electron chi connectivity index (χ4n) is 3.55. The Balaban J connectivity index is 1.53. The molecule has 0 aliphatic carbocycles. The molecule has 0 aliphatic heterocycles. The van der Waals surface area contributed by atoms with Gasteiger partial charge in [-0.1, -0.05) is 24.3 Å². The van der Waals surface area contributed by atoms with Gasteiger partial charge >= 0.3 is 0 Å². The number of primary amides is 1. The summed E-state index contributed by atoms with van der Waals surface area (Å²) >= 11 is 0. The predicted molar refractivity (Wildman–Crippen MR) is 129 cm³/mol. The van der Waals surface area contributed by atoms with Gasteiger partial charge < -0.3 is 21.5 Å². The first-order valence-corrected chi connectivity index (χ1v) is 10.5. The minimum atomic E-state index is -0.637. The highest BCUT2D eigenvalue weighted by Gasteiger charge is 2.13. The zero-order valence-corrected chi connectivity index (χ0v) is 18.5. The van der Waals surface area contributed by atoms with E-state index in [1.54, 1.807) is 36.7 Å². The van der Waals surface area contributed by atoms with Crippen LogP contribution in [-0.4, -0.2) is 33.8 Å². The van der Waals surface area contributed by atoms with Crippen LogP contribution in [0, 0.1) is 12.3 Å². The van der Waals surface area contributed by atoms with E-state index in [1.807, 2.05) is 41.8 Å². The molecule has 34 heavy (non-hydrogen) atoms. The molecule has 0 saturated carbocycles. The second kappa shape index (κ2) is 9.45. The molecule has 0 bridgehead atoms. The fraction of sp³-hybridized carbons (Fsp3) is 0.120. The molecule has 0 aliphatic rings. The maximum absolute atomic E-state index is 12.9. The molecule has 0 fully saturated rings. The van der Waals surface area contributed by atoms with Crippen molar-refractivity contribution in [2.75, 3.05) is 6.61 Å². The summed E-state index contributed by atoms with van der Waals surface area (Å²) in [6.07, 6.45) is 1.74. The number of ether oxygens (including phenoxy) is 1.